The van der Waals surface area contributed by atoms with Gasteiger partial charge in [0.15, 0.2) is 0 Å². The molecule has 72 valence electrons. The number of hydrogen-bond acceptors (Lipinski definition) is 2. The van der Waals surface area contributed by atoms with E-state index in [0.29, 0.717) is 0 Å². The molecular formula is C9H15N3O. The number of aryl methyl sites for hydroxylation is 1. The van der Waals surface area contributed by atoms with E-state index in [9.17, 15) is 4.79 Å². The van der Waals surface area contributed by atoms with Crippen molar-refractivity contribution < 1.29 is 4.79 Å². The van der Waals surface area contributed by atoms with Gasteiger partial charge in [0.05, 0.1) is 6.20 Å². The number of anilines is 1. The molecule has 0 spiro atoms. The molecule has 13 heavy (non-hydrogen) atoms. The van der Waals surface area contributed by atoms with Gasteiger partial charge in [-0.05, 0) is 0 Å². The minimum absolute atomic E-state index is 0.00361. The second-order valence-corrected chi connectivity index (χ2v) is 4.04. The minimum Gasteiger partial charge on any atom is -0.310 e. The summed E-state index contributed by atoms with van der Waals surface area (Å²) in [5, 5.41) is 6.75. The maximum absolute atomic E-state index is 11.5. The molecule has 0 saturated heterocycles. The molecule has 1 rings (SSSR count). The molecule has 0 radical (unpaired) electrons. The lowest BCUT2D eigenvalue weighted by Crippen LogP contribution is -2.28. The first kappa shape index (κ1) is 9.77. The molecule has 0 fully saturated rings. The SMILES string of the molecule is Cn1nccc1NC(=O)C(C)(C)C. The monoisotopic (exact) mass is 181 g/mol. The van der Waals surface area contributed by atoms with Crippen molar-refractivity contribution in [3.63, 3.8) is 0 Å². The third-order valence-corrected chi connectivity index (χ3v) is 1.74. The van der Waals surface area contributed by atoms with Crippen molar-refractivity contribution in [3.05, 3.63) is 12.3 Å². The number of rotatable bonds is 1. The van der Waals surface area contributed by atoms with Crippen molar-refractivity contribution in [2.24, 2.45) is 12.5 Å². The van der Waals surface area contributed by atoms with Gasteiger partial charge in [0.2, 0.25) is 5.91 Å². The molecule has 0 aromatic carbocycles. The van der Waals surface area contributed by atoms with E-state index in [-0.39, 0.29) is 11.3 Å². The van der Waals surface area contributed by atoms with Crippen LogP contribution in [0.25, 0.3) is 0 Å². The molecule has 1 amide bonds. The molecule has 0 aliphatic heterocycles. The van der Waals surface area contributed by atoms with Crippen molar-refractivity contribution in [2.45, 2.75) is 20.8 Å². The quantitative estimate of drug-likeness (QED) is 0.712. The summed E-state index contributed by atoms with van der Waals surface area (Å²) in [4.78, 5) is 11.5. The molecule has 0 aliphatic rings. The zero-order valence-corrected chi connectivity index (χ0v) is 8.46. The molecule has 0 unspecified atom stereocenters. The van der Waals surface area contributed by atoms with Gasteiger partial charge in [-0.15, -0.1) is 0 Å². The Morgan fingerprint density at radius 2 is 2.15 bits per heavy atom. The highest BCUT2D eigenvalue weighted by Gasteiger charge is 2.21. The predicted octanol–water partition coefficient (Wildman–Crippen LogP) is 1.40. The van der Waals surface area contributed by atoms with Crippen LogP contribution in [-0.4, -0.2) is 15.7 Å². The smallest absolute Gasteiger partial charge is 0.230 e. The standard InChI is InChI=1S/C9H15N3O/c1-9(2,3)8(13)11-7-5-6-10-12(7)4/h5-6H,1-4H3,(H,11,13). The van der Waals surface area contributed by atoms with Crippen LogP contribution in [0.1, 0.15) is 20.8 Å². The summed E-state index contributed by atoms with van der Waals surface area (Å²) in [7, 11) is 1.79. The van der Waals surface area contributed by atoms with E-state index < -0.39 is 0 Å². The summed E-state index contributed by atoms with van der Waals surface area (Å²) in [5.74, 6) is 0.719. The van der Waals surface area contributed by atoms with E-state index in [1.54, 1.807) is 24.0 Å². The first-order valence-electron chi connectivity index (χ1n) is 4.21. The largest absolute Gasteiger partial charge is 0.310 e. The third kappa shape index (κ3) is 2.31. The van der Waals surface area contributed by atoms with Gasteiger partial charge >= 0.3 is 0 Å². The second-order valence-electron chi connectivity index (χ2n) is 4.04. The van der Waals surface area contributed by atoms with Crippen LogP contribution in [-0.2, 0) is 11.8 Å². The summed E-state index contributed by atoms with van der Waals surface area (Å²) in [6, 6.07) is 1.77. The fourth-order valence-corrected chi connectivity index (χ4v) is 0.800. The lowest BCUT2D eigenvalue weighted by atomic mass is 9.96. The van der Waals surface area contributed by atoms with Gasteiger partial charge in [0, 0.05) is 18.5 Å². The number of hydrogen-bond donors (Lipinski definition) is 1. The van der Waals surface area contributed by atoms with Gasteiger partial charge in [-0.2, -0.15) is 5.10 Å². The van der Waals surface area contributed by atoms with Crippen LogP contribution >= 0.6 is 0 Å². The van der Waals surface area contributed by atoms with Crippen LogP contribution in [0.5, 0.6) is 0 Å². The number of carbonyl (C=O) groups excluding carboxylic acids is 1. The number of carbonyl (C=O) groups is 1. The highest BCUT2D eigenvalue weighted by Crippen LogP contribution is 2.16. The van der Waals surface area contributed by atoms with Crippen LogP contribution in [0.3, 0.4) is 0 Å². The summed E-state index contributed by atoms with van der Waals surface area (Å²) < 4.78 is 1.63. The Balaban J connectivity index is 2.71. The van der Waals surface area contributed by atoms with Crippen LogP contribution in [0, 0.1) is 5.41 Å². The Bertz CT molecular complexity index is 309. The minimum atomic E-state index is -0.371. The van der Waals surface area contributed by atoms with E-state index >= 15 is 0 Å². The lowest BCUT2D eigenvalue weighted by molar-refractivity contribution is -0.123. The highest BCUT2D eigenvalue weighted by atomic mass is 16.2. The molecule has 1 N–H and O–H groups in total. The van der Waals surface area contributed by atoms with Gasteiger partial charge in [-0.25, -0.2) is 0 Å². The Kier molecular flexibility index (Phi) is 2.40. The van der Waals surface area contributed by atoms with Crippen molar-refractivity contribution in [1.29, 1.82) is 0 Å². The molecule has 4 heteroatoms. The average Bonchev–Trinajstić information content (AvgIpc) is 2.34. The first-order valence-corrected chi connectivity index (χ1v) is 4.21. The Morgan fingerprint density at radius 3 is 2.54 bits per heavy atom. The van der Waals surface area contributed by atoms with E-state index in [1.165, 1.54) is 0 Å². The topological polar surface area (TPSA) is 46.9 Å². The number of amides is 1. The van der Waals surface area contributed by atoms with Crippen molar-refractivity contribution in [3.8, 4) is 0 Å². The molecule has 0 bridgehead atoms. The van der Waals surface area contributed by atoms with E-state index in [0.717, 1.165) is 5.82 Å². The summed E-state index contributed by atoms with van der Waals surface area (Å²) in [6.45, 7) is 5.62. The first-order chi connectivity index (χ1) is 5.91. The molecule has 4 nitrogen and oxygen atoms in total. The lowest BCUT2D eigenvalue weighted by Gasteiger charge is -2.17. The maximum Gasteiger partial charge on any atom is 0.230 e. The van der Waals surface area contributed by atoms with Crippen LogP contribution in [0.2, 0.25) is 0 Å². The van der Waals surface area contributed by atoms with Crippen molar-refractivity contribution in [1.82, 2.24) is 9.78 Å². The van der Waals surface area contributed by atoms with Gasteiger partial charge in [-0.1, -0.05) is 20.8 Å². The number of aromatic nitrogens is 2. The van der Waals surface area contributed by atoms with Crippen LogP contribution in [0.4, 0.5) is 5.82 Å². The van der Waals surface area contributed by atoms with Crippen LogP contribution < -0.4 is 5.32 Å². The van der Waals surface area contributed by atoms with Gasteiger partial charge in [0.1, 0.15) is 5.82 Å². The molecule has 0 aliphatic carbocycles. The van der Waals surface area contributed by atoms with E-state index in [2.05, 4.69) is 10.4 Å². The third-order valence-electron chi connectivity index (χ3n) is 1.74. The van der Waals surface area contributed by atoms with Gasteiger partial charge in [0.25, 0.3) is 0 Å². The Hall–Kier alpha value is -1.32. The van der Waals surface area contributed by atoms with Crippen LogP contribution in [0.15, 0.2) is 12.3 Å². The van der Waals surface area contributed by atoms with Gasteiger partial charge < -0.3 is 5.32 Å². The fourth-order valence-electron chi connectivity index (χ4n) is 0.800. The Labute approximate surface area is 77.9 Å². The summed E-state index contributed by atoms with van der Waals surface area (Å²) >= 11 is 0. The number of nitrogens with one attached hydrogen (secondary N) is 1. The van der Waals surface area contributed by atoms with Crippen molar-refractivity contribution >= 4 is 11.7 Å². The second kappa shape index (κ2) is 3.20. The molecular weight excluding hydrogens is 166 g/mol. The molecule has 1 heterocycles. The van der Waals surface area contributed by atoms with E-state index in [1.807, 2.05) is 20.8 Å². The number of nitrogens with zero attached hydrogens (tertiary/aromatic N) is 2. The summed E-state index contributed by atoms with van der Waals surface area (Å²) in [5.41, 5.74) is -0.371. The predicted molar refractivity (Wildman–Crippen MR) is 51.3 cm³/mol. The molecule has 1 aromatic heterocycles. The van der Waals surface area contributed by atoms with E-state index in [4.69, 9.17) is 0 Å². The normalized spacial score (nSPS) is 11.4. The molecule has 0 saturated carbocycles. The fraction of sp³-hybridized carbons (Fsp3) is 0.556. The highest BCUT2D eigenvalue weighted by molar-refractivity contribution is 5.93. The molecule has 1 aromatic rings. The average molecular weight is 181 g/mol. The molecule has 0 atom stereocenters. The zero-order valence-electron chi connectivity index (χ0n) is 8.46. The van der Waals surface area contributed by atoms with Gasteiger partial charge in [-0.3, -0.25) is 9.48 Å². The Morgan fingerprint density at radius 1 is 1.54 bits per heavy atom. The zero-order chi connectivity index (χ0) is 10.1. The summed E-state index contributed by atoms with van der Waals surface area (Å²) in [6.07, 6.45) is 1.65. The van der Waals surface area contributed by atoms with Crippen molar-refractivity contribution in [2.75, 3.05) is 5.32 Å². The maximum atomic E-state index is 11.5.